The summed E-state index contributed by atoms with van der Waals surface area (Å²) >= 11 is 0. The smallest absolute Gasteiger partial charge is 0.211 e. The van der Waals surface area contributed by atoms with E-state index in [0.717, 1.165) is 0 Å². The molecule has 0 unspecified atom stereocenters. The summed E-state index contributed by atoms with van der Waals surface area (Å²) in [6, 6.07) is 18.3. The van der Waals surface area contributed by atoms with Crippen LogP contribution in [0.15, 0.2) is 70.6 Å². The highest BCUT2D eigenvalue weighted by Gasteiger charge is 1.90. The van der Waals surface area contributed by atoms with Gasteiger partial charge in [0.1, 0.15) is 0 Å². The lowest BCUT2D eigenvalue weighted by Gasteiger charge is -1.90. The van der Waals surface area contributed by atoms with E-state index < -0.39 is 0 Å². The van der Waals surface area contributed by atoms with Crippen molar-refractivity contribution in [1.82, 2.24) is 0 Å². The normalized spacial score (nSPS) is 8.00. The summed E-state index contributed by atoms with van der Waals surface area (Å²) in [5.41, 5.74) is 0.836. The van der Waals surface area contributed by atoms with Gasteiger partial charge in [0.2, 0.25) is 12.2 Å². The molecule has 0 amide bonds. The molecule has 0 atom stereocenters. The maximum atomic E-state index is 9.84. The first-order valence-electron chi connectivity index (χ1n) is 5.12. The molecule has 0 fully saturated rings. The van der Waals surface area contributed by atoms with Crippen LogP contribution in [0.25, 0.3) is 0 Å². The third-order valence-corrected chi connectivity index (χ3v) is 1.85. The lowest BCUT2D eigenvalue weighted by molar-refractivity contribution is 0.565. The molecule has 2 aromatic carbocycles. The van der Waals surface area contributed by atoms with Crippen LogP contribution < -0.4 is 0 Å². The highest BCUT2D eigenvalue weighted by Crippen LogP contribution is 2.18. The molecule has 4 heteroatoms. The molecule has 18 heavy (non-hydrogen) atoms. The van der Waals surface area contributed by atoms with Crippen LogP contribution in [-0.2, 0) is 9.59 Å². The van der Waals surface area contributed by atoms with E-state index in [9.17, 15) is 9.59 Å². The maximum Gasteiger partial charge on any atom is 0.240 e. The van der Waals surface area contributed by atoms with Crippen molar-refractivity contribution in [1.29, 1.82) is 0 Å². The lowest BCUT2D eigenvalue weighted by Crippen LogP contribution is -1.64. The van der Waals surface area contributed by atoms with Gasteiger partial charge < -0.3 is 0 Å². The van der Waals surface area contributed by atoms with Crippen molar-refractivity contribution in [2.75, 3.05) is 0 Å². The minimum Gasteiger partial charge on any atom is -0.211 e. The van der Waals surface area contributed by atoms with Crippen LogP contribution in [0.2, 0.25) is 0 Å². The zero-order valence-electron chi connectivity index (χ0n) is 9.48. The SMILES string of the molecule is O=C=Nc1cccc(N=C=O)c1.c1ccccc1. The van der Waals surface area contributed by atoms with Crippen molar-refractivity contribution in [3.8, 4) is 0 Å². The molecule has 0 N–H and O–H groups in total. The minimum absolute atomic E-state index is 0.418. The van der Waals surface area contributed by atoms with Gasteiger partial charge in [0.15, 0.2) is 0 Å². The van der Waals surface area contributed by atoms with Crippen LogP contribution in [-0.4, -0.2) is 12.2 Å². The predicted molar refractivity (Wildman–Crippen MR) is 68.4 cm³/mol. The Bertz CT molecular complexity index is 509. The minimum atomic E-state index is 0.418. The van der Waals surface area contributed by atoms with E-state index in [1.54, 1.807) is 18.2 Å². The van der Waals surface area contributed by atoms with Gasteiger partial charge in [-0.05, 0) is 18.2 Å². The summed E-state index contributed by atoms with van der Waals surface area (Å²) < 4.78 is 0. The quantitative estimate of drug-likeness (QED) is 0.595. The first kappa shape index (κ1) is 13.3. The fraction of sp³-hybridized carbons (Fsp3) is 0. The second kappa shape index (κ2) is 8.36. The fourth-order valence-corrected chi connectivity index (χ4v) is 1.12. The molecule has 0 aromatic heterocycles. The van der Waals surface area contributed by atoms with Crippen molar-refractivity contribution in [2.45, 2.75) is 0 Å². The highest BCUT2D eigenvalue weighted by atomic mass is 16.1. The lowest BCUT2D eigenvalue weighted by atomic mass is 10.3. The fourth-order valence-electron chi connectivity index (χ4n) is 1.12. The number of aliphatic imine (C=N–C) groups is 2. The second-order valence-corrected chi connectivity index (χ2v) is 3.08. The Balaban J connectivity index is 0.000000225. The monoisotopic (exact) mass is 238 g/mol. The molecule has 0 saturated heterocycles. The van der Waals surface area contributed by atoms with Crippen molar-refractivity contribution in [3.63, 3.8) is 0 Å². The summed E-state index contributed by atoms with van der Waals surface area (Å²) in [7, 11) is 0. The molecule has 0 aliphatic heterocycles. The zero-order chi connectivity index (χ0) is 13.1. The average molecular weight is 238 g/mol. The summed E-state index contributed by atoms with van der Waals surface area (Å²) in [5.74, 6) is 0. The van der Waals surface area contributed by atoms with E-state index in [-0.39, 0.29) is 0 Å². The Labute approximate surface area is 104 Å². The van der Waals surface area contributed by atoms with E-state index in [0.29, 0.717) is 11.4 Å². The molecule has 2 rings (SSSR count). The number of rotatable bonds is 2. The van der Waals surface area contributed by atoms with Gasteiger partial charge in [0.05, 0.1) is 11.4 Å². The van der Waals surface area contributed by atoms with Crippen molar-refractivity contribution in [2.24, 2.45) is 9.98 Å². The molecule has 0 spiro atoms. The number of hydrogen-bond acceptors (Lipinski definition) is 4. The molecule has 0 saturated carbocycles. The number of isocyanates is 2. The second-order valence-electron chi connectivity index (χ2n) is 3.08. The molecule has 2 aromatic rings. The van der Waals surface area contributed by atoms with Crippen molar-refractivity contribution in [3.05, 3.63) is 60.7 Å². The molecule has 4 nitrogen and oxygen atoms in total. The molecule has 88 valence electrons. The van der Waals surface area contributed by atoms with E-state index in [1.807, 2.05) is 36.4 Å². The van der Waals surface area contributed by atoms with E-state index in [4.69, 9.17) is 0 Å². The molecular formula is C14H10N2O2. The van der Waals surface area contributed by atoms with E-state index >= 15 is 0 Å². The van der Waals surface area contributed by atoms with Crippen LogP contribution >= 0.6 is 0 Å². The molecule has 0 bridgehead atoms. The van der Waals surface area contributed by atoms with Crippen LogP contribution in [0.3, 0.4) is 0 Å². The Kier molecular flexibility index (Phi) is 6.16. The number of benzene rings is 2. The average Bonchev–Trinajstić information content (AvgIpc) is 2.43. The van der Waals surface area contributed by atoms with E-state index in [2.05, 4.69) is 9.98 Å². The van der Waals surface area contributed by atoms with Crippen molar-refractivity contribution >= 4 is 23.5 Å². The van der Waals surface area contributed by atoms with Crippen LogP contribution in [0.1, 0.15) is 0 Å². The summed E-state index contributed by atoms with van der Waals surface area (Å²) in [6.45, 7) is 0. The molecule has 0 aliphatic rings. The standard InChI is InChI=1S/C8H4N2O2.C6H6/c11-5-9-7-2-1-3-8(4-7)10-6-12;1-2-4-6-5-3-1/h1-4H;1-6H. The van der Waals surface area contributed by atoms with Gasteiger partial charge in [-0.15, -0.1) is 0 Å². The Morgan fingerprint density at radius 2 is 1.06 bits per heavy atom. The third kappa shape index (κ3) is 5.33. The Morgan fingerprint density at radius 1 is 0.667 bits per heavy atom. The summed E-state index contributed by atoms with van der Waals surface area (Å²) in [6.07, 6.45) is 2.78. The number of hydrogen-bond donors (Lipinski definition) is 0. The third-order valence-electron chi connectivity index (χ3n) is 1.85. The largest absolute Gasteiger partial charge is 0.240 e. The van der Waals surface area contributed by atoms with Gasteiger partial charge in [-0.1, -0.05) is 42.5 Å². The highest BCUT2D eigenvalue weighted by molar-refractivity contribution is 5.57. The zero-order valence-corrected chi connectivity index (χ0v) is 9.48. The summed E-state index contributed by atoms with van der Waals surface area (Å²) in [5, 5.41) is 0. The van der Waals surface area contributed by atoms with Gasteiger partial charge in [-0.25, -0.2) is 9.59 Å². The predicted octanol–water partition coefficient (Wildman–Crippen LogP) is 3.31. The van der Waals surface area contributed by atoms with Gasteiger partial charge in [-0.3, -0.25) is 0 Å². The maximum absolute atomic E-state index is 9.84. The Hall–Kier alpha value is -2.80. The molecular weight excluding hydrogens is 228 g/mol. The number of carbonyl (C=O) groups excluding carboxylic acids is 2. The van der Waals surface area contributed by atoms with Gasteiger partial charge in [-0.2, -0.15) is 9.98 Å². The first-order chi connectivity index (χ1) is 8.86. The van der Waals surface area contributed by atoms with Crippen LogP contribution in [0.4, 0.5) is 11.4 Å². The molecule has 0 aliphatic carbocycles. The number of nitrogens with zero attached hydrogens (tertiary/aromatic N) is 2. The molecule has 0 heterocycles. The van der Waals surface area contributed by atoms with E-state index in [1.165, 1.54) is 18.2 Å². The van der Waals surface area contributed by atoms with Gasteiger partial charge in [0.25, 0.3) is 0 Å². The van der Waals surface area contributed by atoms with Crippen LogP contribution in [0.5, 0.6) is 0 Å². The topological polar surface area (TPSA) is 58.9 Å². The van der Waals surface area contributed by atoms with Crippen LogP contribution in [0, 0.1) is 0 Å². The van der Waals surface area contributed by atoms with Gasteiger partial charge >= 0.3 is 0 Å². The van der Waals surface area contributed by atoms with Gasteiger partial charge in [0, 0.05) is 0 Å². The Morgan fingerprint density at radius 3 is 1.39 bits per heavy atom. The van der Waals surface area contributed by atoms with Crippen molar-refractivity contribution < 1.29 is 9.59 Å². The molecule has 0 radical (unpaired) electrons. The summed E-state index contributed by atoms with van der Waals surface area (Å²) in [4.78, 5) is 26.4. The first-order valence-corrected chi connectivity index (χ1v) is 5.12.